The van der Waals surface area contributed by atoms with Crippen LogP contribution in [0.5, 0.6) is 11.5 Å². The number of nitrogens with zero attached hydrogens (tertiary/aromatic N) is 1. The van der Waals surface area contributed by atoms with Crippen LogP contribution < -0.4 is 14.4 Å². The fraction of sp³-hybridized carbons (Fsp3) is 0.233. The van der Waals surface area contributed by atoms with E-state index in [4.69, 9.17) is 9.47 Å². The van der Waals surface area contributed by atoms with Gasteiger partial charge in [0, 0.05) is 28.3 Å². The van der Waals surface area contributed by atoms with Crippen molar-refractivity contribution in [2.45, 2.75) is 24.9 Å². The van der Waals surface area contributed by atoms with Crippen molar-refractivity contribution >= 4 is 29.1 Å². The van der Waals surface area contributed by atoms with E-state index in [0.717, 1.165) is 11.3 Å². The van der Waals surface area contributed by atoms with E-state index in [-0.39, 0.29) is 17.3 Å². The lowest BCUT2D eigenvalue weighted by Crippen LogP contribution is -2.48. The number of Topliss-reactive ketones (excluding diaryl/α,β-unsaturated/α-hetero) is 3. The molecule has 0 bridgehead atoms. The summed E-state index contributed by atoms with van der Waals surface area (Å²) in [6.07, 6.45) is 3.86. The zero-order valence-corrected chi connectivity index (χ0v) is 20.2. The molecule has 2 heterocycles. The molecule has 1 spiro atoms. The lowest BCUT2D eigenvalue weighted by atomic mass is 9.64. The second-order valence-corrected chi connectivity index (χ2v) is 9.48. The number of ether oxygens (including phenoxy) is 2. The van der Waals surface area contributed by atoms with Crippen LogP contribution in [0.3, 0.4) is 0 Å². The van der Waals surface area contributed by atoms with Gasteiger partial charge in [0.2, 0.25) is 0 Å². The molecule has 6 heteroatoms. The van der Waals surface area contributed by atoms with Gasteiger partial charge in [-0.2, -0.15) is 0 Å². The van der Waals surface area contributed by atoms with E-state index in [1.165, 1.54) is 6.92 Å². The Balaban J connectivity index is 1.71. The Morgan fingerprint density at radius 1 is 0.889 bits per heavy atom. The number of para-hydroxylation sites is 1. The van der Waals surface area contributed by atoms with Crippen LogP contribution in [0.4, 0.5) is 5.69 Å². The van der Waals surface area contributed by atoms with E-state index in [0.29, 0.717) is 28.2 Å². The largest absolute Gasteiger partial charge is 0.497 e. The Kier molecular flexibility index (Phi) is 4.90. The number of fused-ring (bicyclic) bond motifs is 5. The minimum Gasteiger partial charge on any atom is -0.497 e. The number of methoxy groups -OCH3 is 2. The van der Waals surface area contributed by atoms with Gasteiger partial charge in [0.1, 0.15) is 16.9 Å². The number of carbonyl (C=O) groups excluding carboxylic acids is 3. The van der Waals surface area contributed by atoms with E-state index in [9.17, 15) is 14.4 Å². The Morgan fingerprint density at radius 2 is 1.56 bits per heavy atom. The molecule has 3 aromatic carbocycles. The zero-order chi connectivity index (χ0) is 25.2. The second-order valence-electron chi connectivity index (χ2n) is 9.48. The van der Waals surface area contributed by atoms with E-state index >= 15 is 0 Å². The summed E-state index contributed by atoms with van der Waals surface area (Å²) >= 11 is 0. The number of carbonyl (C=O) groups is 3. The molecule has 0 N–H and O–H groups in total. The molecule has 0 aromatic heterocycles. The highest BCUT2D eigenvalue weighted by Crippen LogP contribution is 2.61. The van der Waals surface area contributed by atoms with Crippen molar-refractivity contribution in [3.8, 4) is 11.5 Å². The van der Waals surface area contributed by atoms with Gasteiger partial charge in [-0.25, -0.2) is 0 Å². The summed E-state index contributed by atoms with van der Waals surface area (Å²) in [7, 11) is 3.10. The van der Waals surface area contributed by atoms with Gasteiger partial charge in [-0.1, -0.05) is 54.6 Å². The quantitative estimate of drug-likeness (QED) is 0.504. The third-order valence-electron chi connectivity index (χ3n) is 7.90. The normalized spacial score (nSPS) is 22.9. The maximum Gasteiger partial charge on any atom is 0.180 e. The van der Waals surface area contributed by atoms with E-state index in [1.807, 2.05) is 41.3 Å². The van der Waals surface area contributed by atoms with Crippen LogP contribution in [0.1, 0.15) is 44.7 Å². The summed E-state index contributed by atoms with van der Waals surface area (Å²) in [6, 6.07) is 18.6. The standard InChI is InChI=1S/C30H25NO5/c1-17(32)27-26(22-16-19(35-2)13-14-24(22)36-3)30(28(33)20-9-5-6-10-21(20)29(30)34)25-15-12-18-8-4-7-11-23(18)31(25)27/h4-16,25-27H,1-3H3/t25?,26-,27-/m0/s1. The molecule has 1 fully saturated rings. The van der Waals surface area contributed by atoms with Crippen molar-refractivity contribution in [2.75, 3.05) is 19.1 Å². The van der Waals surface area contributed by atoms with Gasteiger partial charge in [0.05, 0.1) is 26.3 Å². The molecule has 6 nitrogen and oxygen atoms in total. The molecular weight excluding hydrogens is 454 g/mol. The first kappa shape index (κ1) is 22.3. The van der Waals surface area contributed by atoms with Gasteiger partial charge in [-0.15, -0.1) is 0 Å². The highest BCUT2D eigenvalue weighted by molar-refractivity contribution is 6.32. The lowest BCUT2D eigenvalue weighted by Gasteiger charge is -2.37. The third kappa shape index (κ3) is 2.70. The minimum absolute atomic E-state index is 0.131. The molecule has 1 aliphatic carbocycles. The Labute approximate surface area is 209 Å². The van der Waals surface area contributed by atoms with Gasteiger partial charge < -0.3 is 14.4 Å². The highest BCUT2D eigenvalue weighted by Gasteiger charge is 2.71. The SMILES string of the molecule is COc1ccc(OC)c([C@H]2[C@H](C(C)=O)N3c4ccccc4C=CC3C23C(=O)c2ccccc2C3=O)c1. The van der Waals surface area contributed by atoms with Crippen molar-refractivity contribution in [2.24, 2.45) is 5.41 Å². The fourth-order valence-corrected chi connectivity index (χ4v) is 6.50. The van der Waals surface area contributed by atoms with E-state index in [2.05, 4.69) is 0 Å². The number of benzene rings is 3. The van der Waals surface area contributed by atoms with E-state index < -0.39 is 23.4 Å². The monoisotopic (exact) mass is 479 g/mol. The highest BCUT2D eigenvalue weighted by atomic mass is 16.5. The van der Waals surface area contributed by atoms with Crippen molar-refractivity contribution in [3.63, 3.8) is 0 Å². The molecule has 6 rings (SSSR count). The molecule has 1 saturated heterocycles. The van der Waals surface area contributed by atoms with Crippen molar-refractivity contribution < 1.29 is 23.9 Å². The first-order valence-electron chi connectivity index (χ1n) is 11.9. The minimum atomic E-state index is -1.54. The average Bonchev–Trinajstić information content (AvgIpc) is 3.35. The summed E-state index contributed by atoms with van der Waals surface area (Å²) in [6.45, 7) is 1.53. The number of rotatable bonds is 4. The van der Waals surface area contributed by atoms with Gasteiger partial charge in [-0.05, 0) is 36.8 Å². The summed E-state index contributed by atoms with van der Waals surface area (Å²) < 4.78 is 11.2. The maximum atomic E-state index is 14.4. The predicted molar refractivity (Wildman–Crippen MR) is 136 cm³/mol. The van der Waals surface area contributed by atoms with Crippen molar-refractivity contribution in [1.29, 1.82) is 0 Å². The molecule has 180 valence electrons. The Bertz CT molecular complexity index is 1440. The van der Waals surface area contributed by atoms with Crippen molar-refractivity contribution in [3.05, 3.63) is 95.1 Å². The molecule has 3 aromatic rings. The fourth-order valence-electron chi connectivity index (χ4n) is 6.50. The average molecular weight is 480 g/mol. The summed E-state index contributed by atoms with van der Waals surface area (Å²) in [4.78, 5) is 44.4. The molecule has 0 radical (unpaired) electrons. The number of ketones is 3. The molecule has 3 aliphatic rings. The molecule has 3 atom stereocenters. The Morgan fingerprint density at radius 3 is 2.19 bits per heavy atom. The van der Waals surface area contributed by atoms with Gasteiger partial charge in [0.25, 0.3) is 0 Å². The molecule has 2 aliphatic heterocycles. The maximum absolute atomic E-state index is 14.4. The van der Waals surface area contributed by atoms with Gasteiger partial charge >= 0.3 is 0 Å². The number of hydrogen-bond acceptors (Lipinski definition) is 6. The zero-order valence-electron chi connectivity index (χ0n) is 20.2. The summed E-state index contributed by atoms with van der Waals surface area (Å²) in [5.41, 5.74) is 1.61. The van der Waals surface area contributed by atoms with Gasteiger partial charge in [-0.3, -0.25) is 14.4 Å². The van der Waals surface area contributed by atoms with Crippen LogP contribution in [0.2, 0.25) is 0 Å². The Hall–Kier alpha value is -4.19. The number of hydrogen-bond donors (Lipinski definition) is 0. The van der Waals surface area contributed by atoms with Crippen LogP contribution in [0.15, 0.2) is 72.8 Å². The first-order chi connectivity index (χ1) is 17.4. The van der Waals surface area contributed by atoms with Crippen molar-refractivity contribution in [1.82, 2.24) is 0 Å². The van der Waals surface area contributed by atoms with Gasteiger partial charge in [0.15, 0.2) is 17.3 Å². The lowest BCUT2D eigenvalue weighted by molar-refractivity contribution is -0.118. The third-order valence-corrected chi connectivity index (χ3v) is 7.90. The van der Waals surface area contributed by atoms with Crippen LogP contribution in [0, 0.1) is 5.41 Å². The topological polar surface area (TPSA) is 72.9 Å². The summed E-state index contributed by atoms with van der Waals surface area (Å²) in [5.74, 6) is -0.400. The predicted octanol–water partition coefficient (Wildman–Crippen LogP) is 4.73. The van der Waals surface area contributed by atoms with Crippen LogP contribution in [-0.4, -0.2) is 43.7 Å². The molecule has 0 saturated carbocycles. The molecule has 1 unspecified atom stereocenters. The van der Waals surface area contributed by atoms with Crippen LogP contribution in [0.25, 0.3) is 6.08 Å². The second kappa shape index (κ2) is 7.92. The van der Waals surface area contributed by atoms with Crippen LogP contribution >= 0.6 is 0 Å². The summed E-state index contributed by atoms with van der Waals surface area (Å²) in [5, 5.41) is 0. The smallest absolute Gasteiger partial charge is 0.180 e. The van der Waals surface area contributed by atoms with E-state index in [1.54, 1.807) is 56.7 Å². The molecular formula is C30H25NO5. The first-order valence-corrected chi connectivity index (χ1v) is 11.9. The molecule has 36 heavy (non-hydrogen) atoms. The number of anilines is 1. The molecule has 0 amide bonds. The van der Waals surface area contributed by atoms with Crippen LogP contribution in [-0.2, 0) is 4.79 Å².